The molecule has 7 heteroatoms. The molecule has 0 aliphatic carbocycles. The zero-order valence-electron chi connectivity index (χ0n) is 11.1. The Kier molecular flexibility index (Phi) is 4.97. The molecule has 1 heterocycles. The Morgan fingerprint density at radius 1 is 1.25 bits per heavy atom. The summed E-state index contributed by atoms with van der Waals surface area (Å²) in [5, 5.41) is 0. The molecule has 0 unspecified atom stereocenters. The van der Waals surface area contributed by atoms with E-state index < -0.39 is 10.0 Å². The van der Waals surface area contributed by atoms with Crippen LogP contribution in [0.4, 0.5) is 4.79 Å². The molecule has 0 aromatic heterocycles. The number of carbonyl (C=O) groups excluding carboxylic acids is 1. The Balaban J connectivity index is 1.71. The number of ether oxygens (including phenoxy) is 1. The second-order valence-electron chi connectivity index (χ2n) is 4.59. The topological polar surface area (TPSA) is 75.7 Å². The maximum Gasteiger partial charge on any atom is 0.409 e. The van der Waals surface area contributed by atoms with Crippen molar-refractivity contribution in [2.24, 2.45) is 0 Å². The molecule has 1 amide bonds. The first kappa shape index (κ1) is 14.8. The van der Waals surface area contributed by atoms with Crippen molar-refractivity contribution < 1.29 is 17.9 Å². The van der Waals surface area contributed by atoms with E-state index >= 15 is 0 Å². The first-order chi connectivity index (χ1) is 9.57. The molecule has 6 nitrogen and oxygen atoms in total. The monoisotopic (exact) mass is 298 g/mol. The van der Waals surface area contributed by atoms with Gasteiger partial charge in [0.15, 0.2) is 0 Å². The van der Waals surface area contributed by atoms with E-state index in [1.807, 2.05) is 18.2 Å². The van der Waals surface area contributed by atoms with Gasteiger partial charge in [0.1, 0.15) is 6.61 Å². The van der Waals surface area contributed by atoms with E-state index in [0.29, 0.717) is 32.7 Å². The largest absolute Gasteiger partial charge is 0.448 e. The highest BCUT2D eigenvalue weighted by Gasteiger charge is 2.21. The third-order valence-electron chi connectivity index (χ3n) is 2.97. The molecular formula is C13H18N2O4S. The highest BCUT2D eigenvalue weighted by atomic mass is 32.2. The van der Waals surface area contributed by atoms with Crippen molar-refractivity contribution in [1.82, 2.24) is 9.62 Å². The summed E-state index contributed by atoms with van der Waals surface area (Å²) in [6.07, 6.45) is 0.250. The fourth-order valence-electron chi connectivity index (χ4n) is 1.97. The third kappa shape index (κ3) is 4.50. The molecular weight excluding hydrogens is 280 g/mol. The maximum atomic E-state index is 11.8. The first-order valence-electron chi connectivity index (χ1n) is 6.50. The summed E-state index contributed by atoms with van der Waals surface area (Å²) in [5.41, 5.74) is 0.753. The van der Waals surface area contributed by atoms with Gasteiger partial charge in [-0.25, -0.2) is 17.9 Å². The molecule has 0 spiro atoms. The van der Waals surface area contributed by atoms with Gasteiger partial charge in [0.25, 0.3) is 0 Å². The van der Waals surface area contributed by atoms with Crippen LogP contribution in [0.5, 0.6) is 0 Å². The van der Waals surface area contributed by atoms with Gasteiger partial charge in [-0.15, -0.1) is 0 Å². The van der Waals surface area contributed by atoms with Gasteiger partial charge in [0, 0.05) is 13.1 Å². The molecule has 1 aliphatic heterocycles. The van der Waals surface area contributed by atoms with Gasteiger partial charge in [0.05, 0.1) is 12.3 Å². The summed E-state index contributed by atoms with van der Waals surface area (Å²) in [6.45, 7) is 1.82. The van der Waals surface area contributed by atoms with Crippen molar-refractivity contribution >= 4 is 16.1 Å². The Morgan fingerprint density at radius 3 is 2.65 bits per heavy atom. The lowest BCUT2D eigenvalue weighted by atomic mass is 10.2. The number of nitrogens with one attached hydrogen (secondary N) is 1. The second-order valence-corrected chi connectivity index (χ2v) is 6.40. The van der Waals surface area contributed by atoms with E-state index in [1.54, 1.807) is 17.0 Å². The Hall–Kier alpha value is -1.60. The van der Waals surface area contributed by atoms with Crippen LogP contribution in [0.2, 0.25) is 0 Å². The second kappa shape index (κ2) is 6.71. The predicted molar refractivity (Wildman–Crippen MR) is 74.6 cm³/mol. The molecule has 1 N–H and O–H groups in total. The maximum absolute atomic E-state index is 11.8. The van der Waals surface area contributed by atoms with Crippen molar-refractivity contribution in [3.05, 3.63) is 35.9 Å². The van der Waals surface area contributed by atoms with E-state index in [2.05, 4.69) is 4.72 Å². The summed E-state index contributed by atoms with van der Waals surface area (Å²) < 4.78 is 31.0. The average molecular weight is 298 g/mol. The summed E-state index contributed by atoms with van der Waals surface area (Å²) in [7, 11) is -3.33. The van der Waals surface area contributed by atoms with E-state index in [-0.39, 0.29) is 11.8 Å². The number of rotatable bonds is 7. The zero-order valence-corrected chi connectivity index (χ0v) is 11.9. The Morgan fingerprint density at radius 2 is 2.00 bits per heavy atom. The van der Waals surface area contributed by atoms with E-state index in [4.69, 9.17) is 4.74 Å². The van der Waals surface area contributed by atoms with Crippen LogP contribution >= 0.6 is 0 Å². The number of amides is 1. The first-order valence-corrected chi connectivity index (χ1v) is 8.15. The van der Waals surface area contributed by atoms with Crippen molar-refractivity contribution in [1.29, 1.82) is 0 Å². The minimum atomic E-state index is -3.33. The van der Waals surface area contributed by atoms with Gasteiger partial charge in [-0.2, -0.15) is 0 Å². The predicted octanol–water partition coefficient (Wildman–Crippen LogP) is 0.948. The number of nitrogens with zero attached hydrogens (tertiary/aromatic N) is 1. The minimum Gasteiger partial charge on any atom is -0.448 e. The van der Waals surface area contributed by atoms with Gasteiger partial charge in [0.2, 0.25) is 10.0 Å². The lowest BCUT2D eigenvalue weighted by Gasteiger charge is -2.12. The molecule has 0 atom stereocenters. The molecule has 1 fully saturated rings. The van der Waals surface area contributed by atoms with E-state index in [0.717, 1.165) is 5.56 Å². The highest BCUT2D eigenvalue weighted by Crippen LogP contribution is 2.05. The molecule has 0 radical (unpaired) electrons. The summed E-state index contributed by atoms with van der Waals surface area (Å²) in [5.74, 6) is -0.0282. The summed E-state index contributed by atoms with van der Waals surface area (Å²) in [4.78, 5) is 12.7. The van der Waals surface area contributed by atoms with Gasteiger partial charge >= 0.3 is 6.09 Å². The number of sulfonamides is 1. The van der Waals surface area contributed by atoms with Crippen LogP contribution in [0, 0.1) is 0 Å². The fraction of sp³-hybridized carbons (Fsp3) is 0.462. The van der Waals surface area contributed by atoms with Crippen LogP contribution in [0.3, 0.4) is 0 Å². The van der Waals surface area contributed by atoms with Crippen LogP contribution in [0.15, 0.2) is 30.3 Å². The smallest absolute Gasteiger partial charge is 0.409 e. The zero-order chi connectivity index (χ0) is 14.4. The van der Waals surface area contributed by atoms with E-state index in [1.165, 1.54) is 0 Å². The number of benzene rings is 1. The van der Waals surface area contributed by atoms with Gasteiger partial charge in [-0.05, 0) is 12.0 Å². The molecule has 2 rings (SSSR count). The summed E-state index contributed by atoms with van der Waals surface area (Å²) >= 11 is 0. The fourth-order valence-corrected chi connectivity index (χ4v) is 3.16. The lowest BCUT2D eigenvalue weighted by Crippen LogP contribution is -2.31. The average Bonchev–Trinajstić information content (AvgIpc) is 2.81. The minimum absolute atomic E-state index is 0.0282. The van der Waals surface area contributed by atoms with E-state index in [9.17, 15) is 13.2 Å². The van der Waals surface area contributed by atoms with Crippen LogP contribution < -0.4 is 4.72 Å². The normalized spacial score (nSPS) is 15.4. The highest BCUT2D eigenvalue weighted by molar-refractivity contribution is 7.88. The standard InChI is InChI=1S/C13H18N2O4S/c16-13-15(9-10-19-13)8-4-7-14-20(17,18)11-12-5-2-1-3-6-12/h1-3,5-6,14H,4,7-11H2. The lowest BCUT2D eigenvalue weighted by molar-refractivity contribution is 0.158. The molecule has 0 saturated carbocycles. The van der Waals surface area contributed by atoms with Crippen molar-refractivity contribution in [3.63, 3.8) is 0 Å². The van der Waals surface area contributed by atoms with Gasteiger partial charge in [-0.1, -0.05) is 30.3 Å². The van der Waals surface area contributed by atoms with Crippen LogP contribution in [-0.2, 0) is 20.5 Å². The summed E-state index contributed by atoms with van der Waals surface area (Å²) in [6, 6.07) is 9.02. The van der Waals surface area contributed by atoms with Crippen molar-refractivity contribution in [2.45, 2.75) is 12.2 Å². The number of hydrogen-bond acceptors (Lipinski definition) is 4. The molecule has 0 bridgehead atoms. The van der Waals surface area contributed by atoms with Gasteiger partial charge < -0.3 is 9.64 Å². The molecule has 1 saturated heterocycles. The number of carbonyl (C=O) groups is 1. The number of cyclic esters (lactones) is 1. The van der Waals surface area contributed by atoms with Crippen LogP contribution in [0.25, 0.3) is 0 Å². The molecule has 110 valence electrons. The van der Waals surface area contributed by atoms with Crippen molar-refractivity contribution in [2.75, 3.05) is 26.2 Å². The third-order valence-corrected chi connectivity index (χ3v) is 4.33. The molecule has 1 aromatic carbocycles. The van der Waals surface area contributed by atoms with Crippen molar-refractivity contribution in [3.8, 4) is 0 Å². The Labute approximate surface area is 118 Å². The van der Waals surface area contributed by atoms with Gasteiger partial charge in [-0.3, -0.25) is 0 Å². The molecule has 1 aromatic rings. The van der Waals surface area contributed by atoms with Crippen LogP contribution in [0.1, 0.15) is 12.0 Å². The quantitative estimate of drug-likeness (QED) is 0.760. The Bertz CT molecular complexity index is 545. The number of hydrogen-bond donors (Lipinski definition) is 1. The molecule has 20 heavy (non-hydrogen) atoms. The molecule has 1 aliphatic rings. The SMILES string of the molecule is O=C1OCCN1CCCNS(=O)(=O)Cc1ccccc1. The van der Waals surface area contributed by atoms with Crippen LogP contribution in [-0.4, -0.2) is 45.7 Å².